The smallest absolute Gasteiger partial charge is 0.165 e. The Labute approximate surface area is 214 Å². The molecule has 0 aromatic heterocycles. The predicted octanol–water partition coefficient (Wildman–Crippen LogP) is 8.11. The predicted molar refractivity (Wildman–Crippen MR) is 147 cm³/mol. The van der Waals surface area contributed by atoms with E-state index in [2.05, 4.69) is 55.2 Å². The molecule has 4 aromatic carbocycles. The highest BCUT2D eigenvalue weighted by atomic mass is 16.5. The second-order valence-corrected chi connectivity index (χ2v) is 8.58. The minimum absolute atomic E-state index is 0.486. The molecule has 0 spiro atoms. The van der Waals surface area contributed by atoms with Crippen molar-refractivity contribution in [1.82, 2.24) is 0 Å². The zero-order valence-corrected chi connectivity index (χ0v) is 21.0. The fraction of sp³-hybridized carbons (Fsp3) is 0.188. The van der Waals surface area contributed by atoms with Crippen LogP contribution in [0.25, 0.3) is 0 Å². The van der Waals surface area contributed by atoms with Gasteiger partial charge in [-0.25, -0.2) is 0 Å². The minimum Gasteiger partial charge on any atom is -0.490 e. The lowest BCUT2D eigenvalue weighted by atomic mass is 10.0. The highest BCUT2D eigenvalue weighted by Crippen LogP contribution is 2.35. The molecule has 0 atom stereocenters. The maximum atomic E-state index is 6.27. The standard InChI is InChI=1S/C32H33NO3/c1-4-9-27-20-26(21-31(34-5-2)32(27)35-23-25-14-12-24(3)13-15-25)22-33-28-16-18-30(19-17-28)36-29-10-7-6-8-11-29/h4,6-8,10-21,33H,1,5,9,22-23H2,2-3H3. The summed E-state index contributed by atoms with van der Waals surface area (Å²) < 4.78 is 18.2. The van der Waals surface area contributed by atoms with Crippen molar-refractivity contribution >= 4 is 5.69 Å². The summed E-state index contributed by atoms with van der Waals surface area (Å²) >= 11 is 0. The normalized spacial score (nSPS) is 10.5. The number of aryl methyl sites for hydroxylation is 1. The van der Waals surface area contributed by atoms with Crippen LogP contribution in [0, 0.1) is 6.92 Å². The van der Waals surface area contributed by atoms with Crippen LogP contribution in [0.2, 0.25) is 0 Å². The minimum atomic E-state index is 0.486. The first-order chi connectivity index (χ1) is 17.6. The molecule has 0 saturated carbocycles. The molecule has 0 aliphatic heterocycles. The number of hydrogen-bond acceptors (Lipinski definition) is 4. The first kappa shape index (κ1) is 24.9. The third-order valence-corrected chi connectivity index (χ3v) is 5.69. The third kappa shape index (κ3) is 6.92. The van der Waals surface area contributed by atoms with E-state index < -0.39 is 0 Å². The van der Waals surface area contributed by atoms with E-state index >= 15 is 0 Å². The summed E-state index contributed by atoms with van der Waals surface area (Å²) in [5.41, 5.74) is 5.54. The monoisotopic (exact) mass is 479 g/mol. The average molecular weight is 480 g/mol. The van der Waals surface area contributed by atoms with Gasteiger partial charge in [0.15, 0.2) is 11.5 Å². The van der Waals surface area contributed by atoms with Crippen LogP contribution in [0.1, 0.15) is 29.2 Å². The second-order valence-electron chi connectivity index (χ2n) is 8.58. The fourth-order valence-electron chi connectivity index (χ4n) is 3.87. The van der Waals surface area contributed by atoms with Gasteiger partial charge in [-0.05, 0) is 79.9 Å². The van der Waals surface area contributed by atoms with E-state index in [-0.39, 0.29) is 0 Å². The molecule has 4 aromatic rings. The molecule has 4 nitrogen and oxygen atoms in total. The van der Waals surface area contributed by atoms with Gasteiger partial charge >= 0.3 is 0 Å². The first-order valence-corrected chi connectivity index (χ1v) is 12.3. The molecule has 1 N–H and O–H groups in total. The molecular weight excluding hydrogens is 446 g/mol. The fourth-order valence-corrected chi connectivity index (χ4v) is 3.87. The molecule has 36 heavy (non-hydrogen) atoms. The Kier molecular flexibility index (Phi) is 8.66. The Bertz CT molecular complexity index is 1250. The van der Waals surface area contributed by atoms with Gasteiger partial charge in [-0.2, -0.15) is 0 Å². The van der Waals surface area contributed by atoms with Gasteiger partial charge < -0.3 is 19.5 Å². The summed E-state index contributed by atoms with van der Waals surface area (Å²) in [5.74, 6) is 3.16. The Hall–Kier alpha value is -4.18. The molecule has 184 valence electrons. The lowest BCUT2D eigenvalue weighted by molar-refractivity contribution is 0.267. The van der Waals surface area contributed by atoms with E-state index in [0.717, 1.165) is 45.4 Å². The average Bonchev–Trinajstić information content (AvgIpc) is 2.90. The van der Waals surface area contributed by atoms with Crippen molar-refractivity contribution < 1.29 is 14.2 Å². The Morgan fingerprint density at radius 2 is 1.53 bits per heavy atom. The maximum Gasteiger partial charge on any atom is 0.165 e. The summed E-state index contributed by atoms with van der Waals surface area (Å²) in [7, 11) is 0. The molecular formula is C32H33NO3. The van der Waals surface area contributed by atoms with Gasteiger partial charge in [0.25, 0.3) is 0 Å². The van der Waals surface area contributed by atoms with E-state index in [1.165, 1.54) is 5.56 Å². The maximum absolute atomic E-state index is 6.27. The molecule has 0 saturated heterocycles. The molecule has 4 heteroatoms. The topological polar surface area (TPSA) is 39.7 Å². The van der Waals surface area contributed by atoms with E-state index in [0.29, 0.717) is 26.2 Å². The van der Waals surface area contributed by atoms with Crippen molar-refractivity contribution in [2.45, 2.75) is 33.4 Å². The van der Waals surface area contributed by atoms with Crippen LogP contribution in [-0.4, -0.2) is 6.61 Å². The van der Waals surface area contributed by atoms with Crippen molar-refractivity contribution in [3.63, 3.8) is 0 Å². The molecule has 0 bridgehead atoms. The zero-order valence-electron chi connectivity index (χ0n) is 21.0. The number of ether oxygens (including phenoxy) is 3. The van der Waals surface area contributed by atoms with Gasteiger partial charge in [0.05, 0.1) is 6.61 Å². The number of para-hydroxylation sites is 1. The highest BCUT2D eigenvalue weighted by molar-refractivity contribution is 5.52. The lowest BCUT2D eigenvalue weighted by Crippen LogP contribution is -2.06. The zero-order chi connectivity index (χ0) is 25.2. The van der Waals surface area contributed by atoms with Crippen molar-refractivity contribution in [2.24, 2.45) is 0 Å². The molecule has 0 heterocycles. The van der Waals surface area contributed by atoms with Gasteiger partial charge in [-0.1, -0.05) is 54.1 Å². The highest BCUT2D eigenvalue weighted by Gasteiger charge is 2.14. The summed E-state index contributed by atoms with van der Waals surface area (Å²) in [4.78, 5) is 0. The van der Waals surface area contributed by atoms with E-state index in [9.17, 15) is 0 Å². The molecule has 4 rings (SSSR count). The van der Waals surface area contributed by atoms with Crippen LogP contribution < -0.4 is 19.5 Å². The number of anilines is 1. The Morgan fingerprint density at radius 1 is 0.806 bits per heavy atom. The number of nitrogens with one attached hydrogen (secondary N) is 1. The molecule has 0 fully saturated rings. The van der Waals surface area contributed by atoms with E-state index in [4.69, 9.17) is 14.2 Å². The van der Waals surface area contributed by atoms with Crippen molar-refractivity contribution in [1.29, 1.82) is 0 Å². The van der Waals surface area contributed by atoms with Crippen LogP contribution in [0.5, 0.6) is 23.0 Å². The number of allylic oxidation sites excluding steroid dienone is 1. The number of hydrogen-bond donors (Lipinski definition) is 1. The summed E-state index contributed by atoms with van der Waals surface area (Å²) in [6, 6.07) is 30.3. The first-order valence-electron chi connectivity index (χ1n) is 12.3. The SMILES string of the molecule is C=CCc1cc(CNc2ccc(Oc3ccccc3)cc2)cc(OCC)c1OCc1ccc(C)cc1. The van der Waals surface area contributed by atoms with Crippen LogP contribution in [-0.2, 0) is 19.6 Å². The molecule has 0 unspecified atom stereocenters. The number of rotatable bonds is 12. The third-order valence-electron chi connectivity index (χ3n) is 5.69. The second kappa shape index (κ2) is 12.5. The largest absolute Gasteiger partial charge is 0.490 e. The Balaban J connectivity index is 1.46. The van der Waals surface area contributed by atoms with Gasteiger partial charge in [0.2, 0.25) is 0 Å². The van der Waals surface area contributed by atoms with Crippen LogP contribution in [0.3, 0.4) is 0 Å². The van der Waals surface area contributed by atoms with Crippen molar-refractivity contribution in [2.75, 3.05) is 11.9 Å². The van der Waals surface area contributed by atoms with E-state index in [1.807, 2.05) is 67.6 Å². The molecule has 0 radical (unpaired) electrons. The van der Waals surface area contributed by atoms with Crippen molar-refractivity contribution in [3.8, 4) is 23.0 Å². The van der Waals surface area contributed by atoms with Gasteiger partial charge in [-0.3, -0.25) is 0 Å². The van der Waals surface area contributed by atoms with Crippen LogP contribution >= 0.6 is 0 Å². The number of benzene rings is 4. The molecule has 0 aliphatic rings. The molecule has 0 amide bonds. The van der Waals surface area contributed by atoms with Crippen molar-refractivity contribution in [3.05, 3.63) is 126 Å². The van der Waals surface area contributed by atoms with Gasteiger partial charge in [0.1, 0.15) is 18.1 Å². The quantitative estimate of drug-likeness (QED) is 0.208. The van der Waals surface area contributed by atoms with Gasteiger partial charge in [-0.15, -0.1) is 6.58 Å². The van der Waals surface area contributed by atoms with Crippen LogP contribution in [0.4, 0.5) is 5.69 Å². The Morgan fingerprint density at radius 3 is 2.22 bits per heavy atom. The summed E-state index contributed by atoms with van der Waals surface area (Å²) in [6.45, 7) is 9.71. The summed E-state index contributed by atoms with van der Waals surface area (Å²) in [5, 5.41) is 3.50. The lowest BCUT2D eigenvalue weighted by Gasteiger charge is -2.18. The van der Waals surface area contributed by atoms with E-state index in [1.54, 1.807) is 0 Å². The summed E-state index contributed by atoms with van der Waals surface area (Å²) in [6.07, 6.45) is 2.59. The molecule has 0 aliphatic carbocycles. The van der Waals surface area contributed by atoms with Gasteiger partial charge in [0, 0.05) is 17.8 Å². The van der Waals surface area contributed by atoms with Crippen LogP contribution in [0.15, 0.2) is 104 Å².